The largest absolute Gasteiger partial charge is 0.496 e. The van der Waals surface area contributed by atoms with E-state index in [0.717, 1.165) is 36.1 Å². The van der Waals surface area contributed by atoms with Gasteiger partial charge in [0.2, 0.25) is 0 Å². The number of thiocarbonyl (C=S) groups is 1. The molecule has 0 amide bonds. The van der Waals surface area contributed by atoms with Crippen molar-refractivity contribution in [1.82, 2.24) is 15.1 Å². The Labute approximate surface area is 127 Å². The molecule has 0 aromatic heterocycles. The first-order valence-electron chi connectivity index (χ1n) is 6.71. The van der Waals surface area contributed by atoms with Crippen molar-refractivity contribution in [2.24, 2.45) is 0 Å². The highest BCUT2D eigenvalue weighted by Crippen LogP contribution is 2.20. The summed E-state index contributed by atoms with van der Waals surface area (Å²) in [5, 5.41) is 4.02. The summed E-state index contributed by atoms with van der Waals surface area (Å²) in [5.74, 6) is 0.901. The van der Waals surface area contributed by atoms with Crippen molar-refractivity contribution in [2.75, 3.05) is 41.3 Å². The first-order chi connectivity index (χ1) is 9.43. The molecule has 5 heteroatoms. The van der Waals surface area contributed by atoms with Crippen LogP contribution in [0.15, 0.2) is 18.2 Å². The second kappa shape index (κ2) is 8.07. The van der Waals surface area contributed by atoms with Crippen molar-refractivity contribution in [3.8, 4) is 5.75 Å². The zero-order chi connectivity index (χ0) is 15.1. The molecule has 1 aromatic carbocycles. The van der Waals surface area contributed by atoms with Gasteiger partial charge in [-0.2, -0.15) is 0 Å². The third-order valence-corrected chi connectivity index (χ3v) is 3.48. The van der Waals surface area contributed by atoms with Crippen LogP contribution in [0.5, 0.6) is 5.75 Å². The minimum Gasteiger partial charge on any atom is -0.496 e. The summed E-state index contributed by atoms with van der Waals surface area (Å²) in [6.45, 7) is 4.62. The number of likely N-dealkylation sites (N-methyl/N-ethyl adjacent to an activating group) is 1. The summed E-state index contributed by atoms with van der Waals surface area (Å²) in [4.78, 5) is 4.15. The molecule has 0 spiro atoms. The molecule has 0 aliphatic carbocycles. The first kappa shape index (κ1) is 16.7. The molecule has 1 rings (SSSR count). The summed E-state index contributed by atoms with van der Waals surface area (Å²) in [6.07, 6.45) is 0. The van der Waals surface area contributed by atoms with E-state index in [-0.39, 0.29) is 0 Å². The maximum atomic E-state index is 5.40. The molecule has 1 aromatic rings. The number of nitrogens with one attached hydrogen (secondary N) is 1. The van der Waals surface area contributed by atoms with Gasteiger partial charge in [-0.1, -0.05) is 17.7 Å². The summed E-state index contributed by atoms with van der Waals surface area (Å²) >= 11 is 5.40. The fourth-order valence-electron chi connectivity index (χ4n) is 1.88. The van der Waals surface area contributed by atoms with Crippen LogP contribution in [0.25, 0.3) is 0 Å². The van der Waals surface area contributed by atoms with Gasteiger partial charge in [0.1, 0.15) is 5.75 Å². The lowest BCUT2D eigenvalue weighted by molar-refractivity contribution is 0.392. The van der Waals surface area contributed by atoms with Crippen LogP contribution in [-0.2, 0) is 6.54 Å². The summed E-state index contributed by atoms with van der Waals surface area (Å²) in [7, 11) is 7.78. The Balaban J connectivity index is 2.58. The van der Waals surface area contributed by atoms with Gasteiger partial charge in [0, 0.05) is 32.2 Å². The molecule has 20 heavy (non-hydrogen) atoms. The lowest BCUT2D eigenvalue weighted by Crippen LogP contribution is -2.39. The smallest absolute Gasteiger partial charge is 0.169 e. The predicted octanol–water partition coefficient (Wildman–Crippen LogP) is 1.87. The molecular weight excluding hydrogens is 270 g/mol. The van der Waals surface area contributed by atoms with E-state index in [1.807, 2.05) is 32.1 Å². The standard InChI is InChI=1S/C15H25N3OS/c1-12-6-7-14(19-5)13(10-12)11-18(4)15(20)16-8-9-17(2)3/h6-7,10H,8-9,11H2,1-5H3,(H,16,20). The maximum Gasteiger partial charge on any atom is 0.169 e. The summed E-state index contributed by atoms with van der Waals surface area (Å²) in [6, 6.07) is 6.19. The highest BCUT2D eigenvalue weighted by Gasteiger charge is 2.09. The van der Waals surface area contributed by atoms with Crippen LogP contribution < -0.4 is 10.1 Å². The van der Waals surface area contributed by atoms with Crippen molar-refractivity contribution in [2.45, 2.75) is 13.5 Å². The van der Waals surface area contributed by atoms with Crippen LogP contribution in [0, 0.1) is 6.92 Å². The Morgan fingerprint density at radius 1 is 1.30 bits per heavy atom. The van der Waals surface area contributed by atoms with Crippen molar-refractivity contribution in [3.05, 3.63) is 29.3 Å². The Bertz CT molecular complexity index is 449. The lowest BCUT2D eigenvalue weighted by Gasteiger charge is -2.23. The van der Waals surface area contributed by atoms with Crippen LogP contribution in [-0.4, -0.2) is 56.3 Å². The Hall–Kier alpha value is -1.33. The predicted molar refractivity (Wildman–Crippen MR) is 88.4 cm³/mol. The average Bonchev–Trinajstić information content (AvgIpc) is 2.38. The first-order valence-corrected chi connectivity index (χ1v) is 7.12. The van der Waals surface area contributed by atoms with E-state index < -0.39 is 0 Å². The Morgan fingerprint density at radius 2 is 2.00 bits per heavy atom. The van der Waals surface area contributed by atoms with Gasteiger partial charge in [-0.15, -0.1) is 0 Å². The fourth-order valence-corrected chi connectivity index (χ4v) is 2.05. The zero-order valence-corrected chi connectivity index (χ0v) is 13.9. The molecule has 0 saturated carbocycles. The van der Waals surface area contributed by atoms with E-state index in [0.29, 0.717) is 0 Å². The number of aryl methyl sites for hydroxylation is 1. The highest BCUT2D eigenvalue weighted by atomic mass is 32.1. The molecule has 0 unspecified atom stereocenters. The van der Waals surface area contributed by atoms with Gasteiger partial charge in [0.05, 0.1) is 7.11 Å². The fraction of sp³-hybridized carbons (Fsp3) is 0.533. The van der Waals surface area contributed by atoms with Crippen LogP contribution in [0.3, 0.4) is 0 Å². The Kier molecular flexibility index (Phi) is 6.75. The third kappa shape index (κ3) is 5.35. The SMILES string of the molecule is COc1ccc(C)cc1CN(C)C(=S)NCCN(C)C. The van der Waals surface area contributed by atoms with Gasteiger partial charge >= 0.3 is 0 Å². The summed E-state index contributed by atoms with van der Waals surface area (Å²) in [5.41, 5.74) is 2.37. The summed E-state index contributed by atoms with van der Waals surface area (Å²) < 4.78 is 5.40. The highest BCUT2D eigenvalue weighted by molar-refractivity contribution is 7.80. The number of hydrogen-bond donors (Lipinski definition) is 1. The van der Waals surface area contributed by atoms with E-state index in [1.54, 1.807) is 7.11 Å². The van der Waals surface area contributed by atoms with Crippen LogP contribution in [0.1, 0.15) is 11.1 Å². The van der Waals surface area contributed by atoms with Gasteiger partial charge < -0.3 is 19.9 Å². The van der Waals surface area contributed by atoms with Gasteiger partial charge in [-0.25, -0.2) is 0 Å². The van der Waals surface area contributed by atoms with Crippen LogP contribution >= 0.6 is 12.2 Å². The minimum absolute atomic E-state index is 0.735. The third-order valence-electron chi connectivity index (χ3n) is 3.03. The van der Waals surface area contributed by atoms with Gasteiger partial charge in [-0.05, 0) is 39.3 Å². The van der Waals surface area contributed by atoms with E-state index in [2.05, 4.69) is 29.3 Å². The van der Waals surface area contributed by atoms with Crippen LogP contribution in [0.4, 0.5) is 0 Å². The van der Waals surface area contributed by atoms with Gasteiger partial charge in [0.25, 0.3) is 0 Å². The lowest BCUT2D eigenvalue weighted by atomic mass is 10.1. The number of benzene rings is 1. The minimum atomic E-state index is 0.735. The van der Waals surface area contributed by atoms with Crippen molar-refractivity contribution < 1.29 is 4.74 Å². The normalized spacial score (nSPS) is 10.5. The molecule has 1 N–H and O–H groups in total. The van der Waals surface area contributed by atoms with Crippen molar-refractivity contribution in [3.63, 3.8) is 0 Å². The number of nitrogens with zero attached hydrogens (tertiary/aromatic N) is 2. The van der Waals surface area contributed by atoms with E-state index in [1.165, 1.54) is 5.56 Å². The monoisotopic (exact) mass is 295 g/mol. The molecule has 0 aliphatic heterocycles. The van der Waals surface area contributed by atoms with E-state index in [4.69, 9.17) is 17.0 Å². The molecule has 0 radical (unpaired) electrons. The second-order valence-electron chi connectivity index (χ2n) is 5.21. The molecule has 4 nitrogen and oxygen atoms in total. The number of methoxy groups -OCH3 is 1. The quantitative estimate of drug-likeness (QED) is 0.809. The van der Waals surface area contributed by atoms with Gasteiger partial charge in [0.15, 0.2) is 5.11 Å². The second-order valence-corrected chi connectivity index (χ2v) is 5.59. The Morgan fingerprint density at radius 3 is 2.60 bits per heavy atom. The number of hydrogen-bond acceptors (Lipinski definition) is 3. The number of rotatable bonds is 6. The van der Waals surface area contributed by atoms with E-state index >= 15 is 0 Å². The maximum absolute atomic E-state index is 5.40. The zero-order valence-electron chi connectivity index (χ0n) is 13.1. The molecular formula is C15H25N3OS. The molecule has 0 bridgehead atoms. The molecule has 0 aliphatic rings. The molecule has 0 atom stereocenters. The number of ether oxygens (including phenoxy) is 1. The van der Waals surface area contributed by atoms with Crippen LogP contribution in [0.2, 0.25) is 0 Å². The molecule has 112 valence electrons. The molecule has 0 saturated heterocycles. The van der Waals surface area contributed by atoms with Crippen molar-refractivity contribution in [1.29, 1.82) is 0 Å². The molecule has 0 fully saturated rings. The average molecular weight is 295 g/mol. The topological polar surface area (TPSA) is 27.7 Å². The van der Waals surface area contributed by atoms with E-state index in [9.17, 15) is 0 Å². The molecule has 0 heterocycles. The van der Waals surface area contributed by atoms with Crippen molar-refractivity contribution >= 4 is 17.3 Å². The van der Waals surface area contributed by atoms with Gasteiger partial charge in [-0.3, -0.25) is 0 Å².